The zero-order chi connectivity index (χ0) is 19.7. The van der Waals surface area contributed by atoms with Crippen LogP contribution in [0.25, 0.3) is 0 Å². The third kappa shape index (κ3) is 3.78. The van der Waals surface area contributed by atoms with Crippen molar-refractivity contribution in [3.05, 3.63) is 71.4 Å². The van der Waals surface area contributed by atoms with Crippen LogP contribution in [0.3, 0.4) is 0 Å². The van der Waals surface area contributed by atoms with Crippen molar-refractivity contribution in [2.75, 3.05) is 16.8 Å². The van der Waals surface area contributed by atoms with E-state index >= 15 is 0 Å². The number of aromatic nitrogens is 2. The molecule has 1 N–H and O–H groups in total. The summed E-state index contributed by atoms with van der Waals surface area (Å²) in [6, 6.07) is 14.9. The van der Waals surface area contributed by atoms with Crippen molar-refractivity contribution in [2.45, 2.75) is 25.9 Å². The summed E-state index contributed by atoms with van der Waals surface area (Å²) in [6.07, 6.45) is -2.39. The first-order valence-corrected chi connectivity index (χ1v) is 9.05. The Hall–Kier alpha value is -3.09. The van der Waals surface area contributed by atoms with Crippen LogP contribution in [0.2, 0.25) is 0 Å². The minimum Gasteiger partial charge on any atom is -0.340 e. The molecule has 1 aliphatic rings. The van der Waals surface area contributed by atoms with Gasteiger partial charge in [0.1, 0.15) is 5.82 Å². The van der Waals surface area contributed by atoms with Crippen LogP contribution in [0.15, 0.2) is 54.6 Å². The summed E-state index contributed by atoms with van der Waals surface area (Å²) in [5.74, 6) is 1.01. The van der Waals surface area contributed by atoms with E-state index in [9.17, 15) is 13.2 Å². The number of hydrogen-bond acceptors (Lipinski definition) is 4. The molecule has 0 fully saturated rings. The van der Waals surface area contributed by atoms with E-state index < -0.39 is 11.7 Å². The third-order valence-electron chi connectivity index (χ3n) is 4.66. The van der Waals surface area contributed by atoms with Gasteiger partial charge in [0.2, 0.25) is 5.95 Å². The molecule has 0 saturated heterocycles. The Morgan fingerprint density at radius 3 is 2.64 bits per heavy atom. The number of rotatable bonds is 3. The maximum atomic E-state index is 13.0. The molecule has 0 aliphatic carbocycles. The van der Waals surface area contributed by atoms with E-state index in [1.165, 1.54) is 11.6 Å². The van der Waals surface area contributed by atoms with Gasteiger partial charge in [-0.25, -0.2) is 4.98 Å². The lowest BCUT2D eigenvalue weighted by Crippen LogP contribution is -2.26. The van der Waals surface area contributed by atoms with Crippen molar-refractivity contribution < 1.29 is 13.2 Å². The third-order valence-corrected chi connectivity index (χ3v) is 4.66. The van der Waals surface area contributed by atoms with Gasteiger partial charge in [-0.15, -0.1) is 0 Å². The Morgan fingerprint density at radius 2 is 1.82 bits per heavy atom. The largest absolute Gasteiger partial charge is 0.416 e. The smallest absolute Gasteiger partial charge is 0.340 e. The summed E-state index contributed by atoms with van der Waals surface area (Å²) in [4.78, 5) is 11.2. The minimum atomic E-state index is -4.39. The Kier molecular flexibility index (Phi) is 4.66. The second-order valence-electron chi connectivity index (χ2n) is 6.78. The molecule has 1 aromatic heterocycles. The van der Waals surface area contributed by atoms with Gasteiger partial charge < -0.3 is 10.2 Å². The van der Waals surface area contributed by atoms with Crippen LogP contribution in [0.5, 0.6) is 0 Å². The second kappa shape index (κ2) is 7.14. The van der Waals surface area contributed by atoms with E-state index in [0.717, 1.165) is 42.9 Å². The average Bonchev–Trinajstić information content (AvgIpc) is 2.66. The predicted octanol–water partition coefficient (Wildman–Crippen LogP) is 5.63. The highest BCUT2D eigenvalue weighted by Gasteiger charge is 2.30. The van der Waals surface area contributed by atoms with E-state index in [1.807, 2.05) is 25.1 Å². The van der Waals surface area contributed by atoms with E-state index in [-0.39, 0.29) is 0 Å². The lowest BCUT2D eigenvalue weighted by atomic mass is 10.0. The number of halogens is 3. The zero-order valence-corrected chi connectivity index (χ0v) is 15.3. The molecule has 0 spiro atoms. The summed E-state index contributed by atoms with van der Waals surface area (Å²) in [6.45, 7) is 2.64. The summed E-state index contributed by atoms with van der Waals surface area (Å²) in [5, 5.41) is 2.98. The number of alkyl halides is 3. The molecule has 0 atom stereocenters. The van der Waals surface area contributed by atoms with Crippen LogP contribution in [0.4, 0.5) is 36.3 Å². The number of fused-ring (bicyclic) bond motifs is 1. The summed E-state index contributed by atoms with van der Waals surface area (Å²) in [7, 11) is 0. The fourth-order valence-corrected chi connectivity index (χ4v) is 3.40. The quantitative estimate of drug-likeness (QED) is 0.635. The Bertz CT molecular complexity index is 1000. The van der Waals surface area contributed by atoms with Gasteiger partial charge in [0.25, 0.3) is 0 Å². The Balaban J connectivity index is 1.66. The van der Waals surface area contributed by atoms with Gasteiger partial charge in [0.15, 0.2) is 0 Å². The molecule has 2 heterocycles. The van der Waals surface area contributed by atoms with Gasteiger partial charge in [0, 0.05) is 29.7 Å². The molecule has 1 aliphatic heterocycles. The lowest BCUT2D eigenvalue weighted by molar-refractivity contribution is -0.137. The monoisotopic (exact) mass is 384 g/mol. The number of nitrogens with zero attached hydrogens (tertiary/aromatic N) is 3. The van der Waals surface area contributed by atoms with E-state index in [2.05, 4.69) is 26.3 Å². The predicted molar refractivity (Wildman–Crippen MR) is 103 cm³/mol. The lowest BCUT2D eigenvalue weighted by Gasteiger charge is -2.29. The SMILES string of the molecule is Cc1cc(Nc2cccc(C(F)(F)F)c2)nc(N2CCCc3ccccc32)n1. The van der Waals surface area contributed by atoms with E-state index in [0.29, 0.717) is 17.5 Å². The molecule has 144 valence electrons. The first-order valence-electron chi connectivity index (χ1n) is 9.05. The van der Waals surface area contributed by atoms with Gasteiger partial charge in [-0.2, -0.15) is 18.2 Å². The molecular formula is C21H19F3N4. The first kappa shape index (κ1) is 18.3. The maximum absolute atomic E-state index is 13.0. The standard InChI is InChI=1S/C21H19F3N4/c1-14-12-19(26-17-9-4-8-16(13-17)21(22,23)24)27-20(25-14)28-11-5-7-15-6-2-3-10-18(15)28/h2-4,6,8-10,12-13H,5,7,11H2,1H3,(H,25,26,27). The molecule has 7 heteroatoms. The number of aryl methyl sites for hydroxylation is 2. The highest BCUT2D eigenvalue weighted by atomic mass is 19.4. The van der Waals surface area contributed by atoms with Crippen LogP contribution in [0.1, 0.15) is 23.2 Å². The number of anilines is 4. The van der Waals surface area contributed by atoms with Crippen LogP contribution in [0, 0.1) is 6.92 Å². The number of nitrogens with one attached hydrogen (secondary N) is 1. The van der Waals surface area contributed by atoms with Crippen LogP contribution < -0.4 is 10.2 Å². The zero-order valence-electron chi connectivity index (χ0n) is 15.3. The summed E-state index contributed by atoms with van der Waals surface area (Å²) in [5.41, 5.74) is 2.68. The van der Waals surface area contributed by atoms with Crippen molar-refractivity contribution in [1.82, 2.24) is 9.97 Å². The Morgan fingerprint density at radius 1 is 1.00 bits per heavy atom. The van der Waals surface area contributed by atoms with Gasteiger partial charge >= 0.3 is 6.18 Å². The molecule has 0 unspecified atom stereocenters. The number of hydrogen-bond donors (Lipinski definition) is 1. The molecule has 0 amide bonds. The fourth-order valence-electron chi connectivity index (χ4n) is 3.40. The molecule has 28 heavy (non-hydrogen) atoms. The van der Waals surface area contributed by atoms with Crippen molar-refractivity contribution >= 4 is 23.1 Å². The Labute approximate surface area is 161 Å². The minimum absolute atomic E-state index is 0.331. The van der Waals surface area contributed by atoms with Gasteiger partial charge in [0.05, 0.1) is 5.56 Å². The van der Waals surface area contributed by atoms with Crippen LogP contribution in [-0.2, 0) is 12.6 Å². The average molecular weight is 384 g/mol. The summed E-state index contributed by atoms with van der Waals surface area (Å²) >= 11 is 0. The van der Waals surface area contributed by atoms with Gasteiger partial charge in [-0.3, -0.25) is 0 Å². The molecule has 4 rings (SSSR count). The van der Waals surface area contributed by atoms with E-state index in [4.69, 9.17) is 0 Å². The van der Waals surface area contributed by atoms with Crippen molar-refractivity contribution in [1.29, 1.82) is 0 Å². The second-order valence-corrected chi connectivity index (χ2v) is 6.78. The number of para-hydroxylation sites is 1. The molecular weight excluding hydrogens is 365 g/mol. The van der Waals surface area contributed by atoms with Crippen molar-refractivity contribution in [3.63, 3.8) is 0 Å². The fraction of sp³-hybridized carbons (Fsp3) is 0.238. The molecule has 0 radical (unpaired) electrons. The molecule has 4 nitrogen and oxygen atoms in total. The van der Waals surface area contributed by atoms with Crippen molar-refractivity contribution in [3.8, 4) is 0 Å². The first-order chi connectivity index (χ1) is 13.4. The van der Waals surface area contributed by atoms with Crippen molar-refractivity contribution in [2.24, 2.45) is 0 Å². The summed E-state index contributed by atoms with van der Waals surface area (Å²) < 4.78 is 38.9. The van der Waals surface area contributed by atoms with Gasteiger partial charge in [-0.1, -0.05) is 24.3 Å². The van der Waals surface area contributed by atoms with E-state index in [1.54, 1.807) is 12.1 Å². The van der Waals surface area contributed by atoms with Crippen LogP contribution in [-0.4, -0.2) is 16.5 Å². The highest BCUT2D eigenvalue weighted by molar-refractivity contribution is 5.65. The normalized spacial score (nSPS) is 13.9. The van der Waals surface area contributed by atoms with Crippen LogP contribution >= 0.6 is 0 Å². The molecule has 0 bridgehead atoms. The number of benzene rings is 2. The maximum Gasteiger partial charge on any atom is 0.416 e. The molecule has 3 aromatic rings. The topological polar surface area (TPSA) is 41.1 Å². The molecule has 0 saturated carbocycles. The van der Waals surface area contributed by atoms with Gasteiger partial charge in [-0.05, 0) is 49.6 Å². The highest BCUT2D eigenvalue weighted by Crippen LogP contribution is 2.33. The molecule has 2 aromatic carbocycles.